The number of carbonyl (C=O) groups excluding carboxylic acids is 1. The predicted molar refractivity (Wildman–Crippen MR) is 107 cm³/mol. The Kier molecular flexibility index (Phi) is 4.63. The van der Waals surface area contributed by atoms with Gasteiger partial charge in [-0.15, -0.1) is 0 Å². The molecule has 0 bridgehead atoms. The first-order valence-electron chi connectivity index (χ1n) is 8.38. The third-order valence-electron chi connectivity index (χ3n) is 4.20. The van der Waals surface area contributed by atoms with Crippen LogP contribution in [0.4, 0.5) is 10.1 Å². The minimum Gasteiger partial charge on any atom is -0.319 e. The summed E-state index contributed by atoms with van der Waals surface area (Å²) in [4.78, 5) is 25.8. The highest BCUT2D eigenvalue weighted by atomic mass is 35.5. The van der Waals surface area contributed by atoms with E-state index in [0.717, 1.165) is 6.07 Å². The lowest BCUT2D eigenvalue weighted by molar-refractivity contribution is 0.102. The van der Waals surface area contributed by atoms with Crippen molar-refractivity contribution in [2.45, 2.75) is 0 Å². The lowest BCUT2D eigenvalue weighted by Crippen LogP contribution is -2.26. The van der Waals surface area contributed by atoms with E-state index in [2.05, 4.69) is 10.4 Å². The van der Waals surface area contributed by atoms with Gasteiger partial charge in [-0.2, -0.15) is 9.78 Å². The fraction of sp³-hybridized carbons (Fsp3) is 0. The van der Waals surface area contributed by atoms with E-state index in [-0.39, 0.29) is 22.0 Å². The molecular formula is C21H13ClFN3O2. The Balaban J connectivity index is 1.87. The van der Waals surface area contributed by atoms with Crippen molar-refractivity contribution in [1.29, 1.82) is 0 Å². The number of hydrogen-bond acceptors (Lipinski definition) is 3. The number of amides is 1. The largest absolute Gasteiger partial charge is 0.319 e. The van der Waals surface area contributed by atoms with Crippen molar-refractivity contribution in [1.82, 2.24) is 9.78 Å². The SMILES string of the molecule is O=C(Nc1ccc(F)cc1Cl)c1nn(-c2ccccc2)c(=O)c2ccccc12. The summed E-state index contributed by atoms with van der Waals surface area (Å²) in [5, 5.41) is 7.75. The van der Waals surface area contributed by atoms with Crippen molar-refractivity contribution in [2.24, 2.45) is 0 Å². The Morgan fingerprint density at radius 2 is 1.64 bits per heavy atom. The molecule has 5 nitrogen and oxygen atoms in total. The van der Waals surface area contributed by atoms with Gasteiger partial charge < -0.3 is 5.32 Å². The number of para-hydroxylation sites is 1. The van der Waals surface area contributed by atoms with Gasteiger partial charge in [0.1, 0.15) is 5.82 Å². The third-order valence-corrected chi connectivity index (χ3v) is 4.51. The first-order valence-corrected chi connectivity index (χ1v) is 8.76. The number of fused-ring (bicyclic) bond motifs is 1. The van der Waals surface area contributed by atoms with E-state index in [1.807, 2.05) is 6.07 Å². The second-order valence-electron chi connectivity index (χ2n) is 6.02. The van der Waals surface area contributed by atoms with Crippen LogP contribution >= 0.6 is 11.6 Å². The van der Waals surface area contributed by atoms with Crippen LogP contribution < -0.4 is 10.9 Å². The number of hydrogen-bond donors (Lipinski definition) is 1. The maximum Gasteiger partial charge on any atom is 0.279 e. The maximum absolute atomic E-state index is 13.3. The lowest BCUT2D eigenvalue weighted by atomic mass is 10.1. The fourth-order valence-electron chi connectivity index (χ4n) is 2.87. The summed E-state index contributed by atoms with van der Waals surface area (Å²) in [5.41, 5.74) is 0.501. The molecule has 0 saturated carbocycles. The molecule has 0 unspecified atom stereocenters. The zero-order chi connectivity index (χ0) is 19.7. The molecule has 0 aliphatic carbocycles. The molecule has 0 aliphatic rings. The van der Waals surface area contributed by atoms with Crippen LogP contribution in [0.25, 0.3) is 16.5 Å². The number of anilines is 1. The van der Waals surface area contributed by atoms with Gasteiger partial charge >= 0.3 is 0 Å². The number of carbonyl (C=O) groups is 1. The second-order valence-corrected chi connectivity index (χ2v) is 6.43. The van der Waals surface area contributed by atoms with E-state index in [9.17, 15) is 14.0 Å². The third kappa shape index (κ3) is 3.25. The number of nitrogens with zero attached hydrogens (tertiary/aromatic N) is 2. The molecule has 0 atom stereocenters. The van der Waals surface area contributed by atoms with Crippen LogP contribution in [0.1, 0.15) is 10.5 Å². The number of nitrogens with one attached hydrogen (secondary N) is 1. The lowest BCUT2D eigenvalue weighted by Gasteiger charge is -2.12. The standard InChI is InChI=1S/C21H13ClFN3O2/c22-17-12-13(23)10-11-18(17)24-20(27)19-15-8-4-5-9-16(15)21(28)26(25-19)14-6-2-1-3-7-14/h1-12H,(H,24,27). The molecule has 0 fully saturated rings. The van der Waals surface area contributed by atoms with Crippen LogP contribution in [-0.2, 0) is 0 Å². The summed E-state index contributed by atoms with van der Waals surface area (Å²) in [5.74, 6) is -1.07. The van der Waals surface area contributed by atoms with Gasteiger partial charge in [0.2, 0.25) is 0 Å². The van der Waals surface area contributed by atoms with Gasteiger partial charge in [-0.1, -0.05) is 48.0 Å². The highest BCUT2D eigenvalue weighted by molar-refractivity contribution is 6.34. The molecule has 7 heteroatoms. The van der Waals surface area contributed by atoms with Crippen LogP contribution in [0, 0.1) is 5.82 Å². The van der Waals surface area contributed by atoms with Crippen LogP contribution in [0.2, 0.25) is 5.02 Å². The van der Waals surface area contributed by atoms with Crippen molar-refractivity contribution >= 4 is 34.0 Å². The topological polar surface area (TPSA) is 64.0 Å². The quantitative estimate of drug-likeness (QED) is 0.560. The average molecular weight is 394 g/mol. The van der Waals surface area contributed by atoms with Crippen LogP contribution in [0.5, 0.6) is 0 Å². The molecular weight excluding hydrogens is 381 g/mol. The normalized spacial score (nSPS) is 10.8. The molecule has 4 aromatic rings. The van der Waals surface area contributed by atoms with Crippen molar-refractivity contribution in [3.8, 4) is 5.69 Å². The Bertz CT molecular complexity index is 1260. The molecule has 1 N–H and O–H groups in total. The molecule has 3 aromatic carbocycles. The van der Waals surface area contributed by atoms with E-state index in [0.29, 0.717) is 16.5 Å². The second kappa shape index (κ2) is 7.25. The minimum absolute atomic E-state index is 0.0550. The van der Waals surface area contributed by atoms with Crippen LogP contribution in [-0.4, -0.2) is 15.7 Å². The number of benzene rings is 3. The Morgan fingerprint density at radius 1 is 0.964 bits per heavy atom. The molecule has 0 saturated heterocycles. The van der Waals surface area contributed by atoms with Gasteiger partial charge in [0.15, 0.2) is 5.69 Å². The van der Waals surface area contributed by atoms with Crippen molar-refractivity contribution in [2.75, 3.05) is 5.32 Å². The van der Waals surface area contributed by atoms with Crippen molar-refractivity contribution < 1.29 is 9.18 Å². The van der Waals surface area contributed by atoms with Gasteiger partial charge in [-0.25, -0.2) is 4.39 Å². The summed E-state index contributed by atoms with van der Waals surface area (Å²) >= 11 is 6.00. The minimum atomic E-state index is -0.561. The Morgan fingerprint density at radius 3 is 2.36 bits per heavy atom. The zero-order valence-corrected chi connectivity index (χ0v) is 15.2. The molecule has 1 amide bonds. The van der Waals surface area contributed by atoms with Crippen molar-refractivity contribution in [3.63, 3.8) is 0 Å². The maximum atomic E-state index is 13.3. The van der Waals surface area contributed by atoms with E-state index >= 15 is 0 Å². The predicted octanol–water partition coefficient (Wildman–Crippen LogP) is 4.43. The molecule has 4 rings (SSSR count). The molecule has 1 heterocycles. The zero-order valence-electron chi connectivity index (χ0n) is 14.4. The summed E-state index contributed by atoms with van der Waals surface area (Å²) in [7, 11) is 0. The highest BCUT2D eigenvalue weighted by Crippen LogP contribution is 2.24. The first-order chi connectivity index (χ1) is 13.5. The van der Waals surface area contributed by atoms with Gasteiger partial charge in [-0.3, -0.25) is 9.59 Å². The number of rotatable bonds is 3. The van der Waals surface area contributed by atoms with Crippen LogP contribution in [0.3, 0.4) is 0 Å². The Labute approximate surface area is 164 Å². The van der Waals surface area contributed by atoms with E-state index in [1.165, 1.54) is 16.8 Å². The smallest absolute Gasteiger partial charge is 0.279 e. The van der Waals surface area contributed by atoms with E-state index in [1.54, 1.807) is 48.5 Å². The fourth-order valence-corrected chi connectivity index (χ4v) is 3.09. The highest BCUT2D eigenvalue weighted by Gasteiger charge is 2.18. The van der Waals surface area contributed by atoms with E-state index < -0.39 is 11.7 Å². The Hall–Kier alpha value is -3.51. The molecule has 0 spiro atoms. The summed E-state index contributed by atoms with van der Waals surface area (Å²) in [6.07, 6.45) is 0. The summed E-state index contributed by atoms with van der Waals surface area (Å²) < 4.78 is 14.4. The molecule has 138 valence electrons. The van der Waals surface area contributed by atoms with E-state index in [4.69, 9.17) is 11.6 Å². The van der Waals surface area contributed by atoms with Gasteiger partial charge in [0.05, 0.1) is 21.8 Å². The molecule has 0 aliphatic heterocycles. The first kappa shape index (κ1) is 17.9. The van der Waals surface area contributed by atoms with Crippen LogP contribution in [0.15, 0.2) is 77.6 Å². The van der Waals surface area contributed by atoms with Crippen molar-refractivity contribution in [3.05, 3.63) is 99.7 Å². The van der Waals surface area contributed by atoms with Gasteiger partial charge in [-0.05, 0) is 36.4 Å². The molecule has 1 aromatic heterocycles. The van der Waals surface area contributed by atoms with Gasteiger partial charge in [0, 0.05) is 5.39 Å². The number of aromatic nitrogens is 2. The average Bonchev–Trinajstić information content (AvgIpc) is 2.71. The monoisotopic (exact) mass is 393 g/mol. The summed E-state index contributed by atoms with van der Waals surface area (Å²) in [6.45, 7) is 0. The summed E-state index contributed by atoms with van der Waals surface area (Å²) in [6, 6.07) is 19.2. The number of halogens is 2. The molecule has 0 radical (unpaired) electrons. The van der Waals surface area contributed by atoms with Gasteiger partial charge in [0.25, 0.3) is 11.5 Å². The molecule has 28 heavy (non-hydrogen) atoms.